The third-order valence-electron chi connectivity index (χ3n) is 4.05. The summed E-state index contributed by atoms with van der Waals surface area (Å²) in [5.74, 6) is 0.974. The van der Waals surface area contributed by atoms with E-state index in [-0.39, 0.29) is 31.1 Å². The summed E-state index contributed by atoms with van der Waals surface area (Å²) in [6.45, 7) is 0.0401. The first-order valence-corrected chi connectivity index (χ1v) is 9.56. The van der Waals surface area contributed by atoms with Crippen molar-refractivity contribution in [3.8, 4) is 23.0 Å². The van der Waals surface area contributed by atoms with Gasteiger partial charge in [-0.15, -0.1) is 0 Å². The number of carbonyl (C=O) groups excluding carboxylic acids is 2. The van der Waals surface area contributed by atoms with Gasteiger partial charge in [0.15, 0.2) is 6.61 Å². The molecule has 0 N–H and O–H groups in total. The van der Waals surface area contributed by atoms with Crippen molar-refractivity contribution < 1.29 is 33.3 Å². The molecule has 0 aromatic heterocycles. The highest BCUT2D eigenvalue weighted by Gasteiger charge is 2.11. The van der Waals surface area contributed by atoms with Gasteiger partial charge >= 0.3 is 11.9 Å². The number of rotatable bonds is 10. The normalized spacial score (nSPS) is 10.1. The van der Waals surface area contributed by atoms with E-state index in [0.29, 0.717) is 17.2 Å². The number of hydrogen-bond donors (Lipinski definition) is 0. The first-order valence-electron chi connectivity index (χ1n) is 9.56. The Hall–Kier alpha value is -4.00. The van der Waals surface area contributed by atoms with Gasteiger partial charge in [-0.1, -0.05) is 24.3 Å². The van der Waals surface area contributed by atoms with Crippen molar-refractivity contribution in [2.75, 3.05) is 26.9 Å². The van der Waals surface area contributed by atoms with Gasteiger partial charge in [-0.2, -0.15) is 0 Å². The van der Waals surface area contributed by atoms with E-state index in [2.05, 4.69) is 0 Å². The Morgan fingerprint density at radius 2 is 1.39 bits per heavy atom. The summed E-state index contributed by atoms with van der Waals surface area (Å²) >= 11 is 0. The summed E-state index contributed by atoms with van der Waals surface area (Å²) in [7, 11) is 1.57. The SMILES string of the molecule is COc1ccc(OCC(=O)Oc2cccc(C(=O)OCCOc3ccccc3)c2)cc1. The monoisotopic (exact) mass is 422 g/mol. The first kappa shape index (κ1) is 21.7. The number of methoxy groups -OCH3 is 1. The van der Waals surface area contributed by atoms with Crippen molar-refractivity contribution in [1.82, 2.24) is 0 Å². The quantitative estimate of drug-likeness (QED) is 0.278. The summed E-state index contributed by atoms with van der Waals surface area (Å²) in [4.78, 5) is 24.2. The van der Waals surface area contributed by atoms with E-state index in [1.54, 1.807) is 49.6 Å². The molecule has 31 heavy (non-hydrogen) atoms. The van der Waals surface area contributed by atoms with Crippen molar-refractivity contribution >= 4 is 11.9 Å². The lowest BCUT2D eigenvalue weighted by Crippen LogP contribution is -2.18. The van der Waals surface area contributed by atoms with Crippen LogP contribution < -0.4 is 18.9 Å². The van der Waals surface area contributed by atoms with E-state index in [0.717, 1.165) is 0 Å². The molecule has 0 spiro atoms. The van der Waals surface area contributed by atoms with Crippen LogP contribution in [-0.2, 0) is 9.53 Å². The Morgan fingerprint density at radius 1 is 0.710 bits per heavy atom. The molecule has 3 aromatic rings. The summed E-state index contributed by atoms with van der Waals surface area (Å²) in [5.41, 5.74) is 0.265. The third-order valence-corrected chi connectivity index (χ3v) is 4.05. The highest BCUT2D eigenvalue weighted by molar-refractivity contribution is 5.90. The van der Waals surface area contributed by atoms with Crippen LogP contribution in [0.5, 0.6) is 23.0 Å². The number of ether oxygens (including phenoxy) is 5. The molecule has 0 aliphatic rings. The Bertz CT molecular complexity index is 984. The van der Waals surface area contributed by atoms with E-state index in [4.69, 9.17) is 23.7 Å². The Morgan fingerprint density at radius 3 is 2.13 bits per heavy atom. The van der Waals surface area contributed by atoms with Gasteiger partial charge in [0, 0.05) is 0 Å². The van der Waals surface area contributed by atoms with Crippen LogP contribution in [0.3, 0.4) is 0 Å². The van der Waals surface area contributed by atoms with Gasteiger partial charge in [0.25, 0.3) is 0 Å². The topological polar surface area (TPSA) is 80.3 Å². The van der Waals surface area contributed by atoms with Gasteiger partial charge in [0.2, 0.25) is 0 Å². The zero-order chi connectivity index (χ0) is 21.9. The van der Waals surface area contributed by atoms with Gasteiger partial charge < -0.3 is 23.7 Å². The molecule has 0 radical (unpaired) electrons. The summed E-state index contributed by atoms with van der Waals surface area (Å²) in [6.07, 6.45) is 0. The second-order valence-electron chi connectivity index (χ2n) is 6.26. The maximum absolute atomic E-state index is 12.2. The molecule has 0 aliphatic heterocycles. The number of para-hydroxylation sites is 1. The molecular weight excluding hydrogens is 400 g/mol. The Kier molecular flexibility index (Phi) is 7.88. The Balaban J connectivity index is 1.43. The number of carbonyl (C=O) groups is 2. The van der Waals surface area contributed by atoms with Crippen LogP contribution >= 0.6 is 0 Å². The van der Waals surface area contributed by atoms with E-state index >= 15 is 0 Å². The molecule has 0 unspecified atom stereocenters. The molecule has 7 nitrogen and oxygen atoms in total. The third kappa shape index (κ3) is 7.08. The predicted molar refractivity (Wildman–Crippen MR) is 113 cm³/mol. The fraction of sp³-hybridized carbons (Fsp3) is 0.167. The largest absolute Gasteiger partial charge is 0.497 e. The molecule has 0 atom stereocenters. The minimum absolute atomic E-state index is 0.0907. The van der Waals surface area contributed by atoms with Crippen LogP contribution in [-0.4, -0.2) is 38.9 Å². The Labute approximate surface area is 180 Å². The first-order chi connectivity index (χ1) is 15.1. The molecule has 0 fully saturated rings. The van der Waals surface area contributed by atoms with Gasteiger partial charge in [-0.25, -0.2) is 9.59 Å². The molecule has 0 aliphatic carbocycles. The standard InChI is InChI=1S/C24H22O7/c1-27-19-10-12-21(13-11-19)30-17-23(25)31-22-9-5-6-18(16-22)24(26)29-15-14-28-20-7-3-2-4-8-20/h2-13,16H,14-15,17H2,1H3. The smallest absolute Gasteiger partial charge is 0.349 e. The van der Waals surface area contributed by atoms with Gasteiger partial charge in [0.1, 0.15) is 36.2 Å². The average Bonchev–Trinajstić information content (AvgIpc) is 2.81. The highest BCUT2D eigenvalue weighted by Crippen LogP contribution is 2.18. The van der Waals surface area contributed by atoms with Gasteiger partial charge in [-0.05, 0) is 54.6 Å². The molecule has 7 heteroatoms. The number of benzene rings is 3. The predicted octanol–water partition coefficient (Wildman–Crippen LogP) is 3.92. The molecule has 0 bridgehead atoms. The zero-order valence-electron chi connectivity index (χ0n) is 17.0. The van der Waals surface area contributed by atoms with Crippen LogP contribution in [0.15, 0.2) is 78.9 Å². The molecule has 0 amide bonds. The maximum atomic E-state index is 12.2. The average molecular weight is 422 g/mol. The molecule has 3 rings (SSSR count). The molecule has 0 saturated carbocycles. The number of esters is 2. The van der Waals surface area contributed by atoms with Gasteiger partial charge in [-0.3, -0.25) is 0 Å². The highest BCUT2D eigenvalue weighted by atomic mass is 16.6. The molecule has 0 saturated heterocycles. The summed E-state index contributed by atoms with van der Waals surface area (Å²) < 4.78 is 26.4. The fourth-order valence-corrected chi connectivity index (χ4v) is 2.56. The lowest BCUT2D eigenvalue weighted by atomic mass is 10.2. The van der Waals surface area contributed by atoms with E-state index in [1.165, 1.54) is 6.07 Å². The van der Waals surface area contributed by atoms with Crippen molar-refractivity contribution in [1.29, 1.82) is 0 Å². The van der Waals surface area contributed by atoms with Crippen LogP contribution in [0.2, 0.25) is 0 Å². The van der Waals surface area contributed by atoms with Crippen molar-refractivity contribution in [2.45, 2.75) is 0 Å². The minimum atomic E-state index is -0.599. The summed E-state index contributed by atoms with van der Waals surface area (Å²) in [6, 6.07) is 22.2. The van der Waals surface area contributed by atoms with Crippen LogP contribution in [0, 0.1) is 0 Å². The van der Waals surface area contributed by atoms with Gasteiger partial charge in [0.05, 0.1) is 12.7 Å². The van der Waals surface area contributed by atoms with Crippen LogP contribution in [0.25, 0.3) is 0 Å². The van der Waals surface area contributed by atoms with E-state index in [9.17, 15) is 9.59 Å². The van der Waals surface area contributed by atoms with E-state index < -0.39 is 11.9 Å². The van der Waals surface area contributed by atoms with Crippen molar-refractivity contribution in [3.63, 3.8) is 0 Å². The maximum Gasteiger partial charge on any atom is 0.349 e. The van der Waals surface area contributed by atoms with Crippen LogP contribution in [0.1, 0.15) is 10.4 Å². The fourth-order valence-electron chi connectivity index (χ4n) is 2.56. The molecule has 3 aromatic carbocycles. The molecular formula is C24H22O7. The van der Waals surface area contributed by atoms with Crippen molar-refractivity contribution in [3.05, 3.63) is 84.4 Å². The second kappa shape index (κ2) is 11.3. The lowest BCUT2D eigenvalue weighted by molar-refractivity contribution is -0.136. The summed E-state index contributed by atoms with van der Waals surface area (Å²) in [5, 5.41) is 0. The van der Waals surface area contributed by atoms with Crippen LogP contribution in [0.4, 0.5) is 0 Å². The molecule has 0 heterocycles. The zero-order valence-corrected chi connectivity index (χ0v) is 17.0. The van der Waals surface area contributed by atoms with Crippen molar-refractivity contribution in [2.24, 2.45) is 0 Å². The van der Waals surface area contributed by atoms with E-state index in [1.807, 2.05) is 30.3 Å². The molecule has 160 valence electrons. The minimum Gasteiger partial charge on any atom is -0.497 e. The second-order valence-corrected chi connectivity index (χ2v) is 6.26. The number of hydrogen-bond acceptors (Lipinski definition) is 7. The lowest BCUT2D eigenvalue weighted by Gasteiger charge is -2.09.